The highest BCUT2D eigenvalue weighted by Gasteiger charge is 2.25. The van der Waals surface area contributed by atoms with Crippen LogP contribution < -0.4 is 4.90 Å². The van der Waals surface area contributed by atoms with Crippen molar-refractivity contribution in [3.63, 3.8) is 0 Å². The molecule has 20 heavy (non-hydrogen) atoms. The molecule has 0 aromatic carbocycles. The number of pyridine rings is 1. The Balaban J connectivity index is 1.80. The normalized spacial score (nSPS) is 24.3. The molecule has 0 aliphatic carbocycles. The maximum atomic E-state index is 4.81. The monoisotopic (exact) mass is 273 g/mol. The zero-order valence-corrected chi connectivity index (χ0v) is 12.9. The third kappa shape index (κ3) is 2.69. The first-order valence-electron chi connectivity index (χ1n) is 8.25. The maximum Gasteiger partial charge on any atom is 0.131 e. The number of rotatable bonds is 3. The minimum Gasteiger partial charge on any atom is -0.356 e. The van der Waals surface area contributed by atoms with Crippen LogP contribution in [0, 0.1) is 6.92 Å². The van der Waals surface area contributed by atoms with Crippen molar-refractivity contribution in [1.29, 1.82) is 0 Å². The van der Waals surface area contributed by atoms with E-state index >= 15 is 0 Å². The van der Waals surface area contributed by atoms with E-state index in [0.717, 1.165) is 6.54 Å². The fraction of sp³-hybridized carbons (Fsp3) is 0.706. The third-order valence-electron chi connectivity index (χ3n) is 4.88. The lowest BCUT2D eigenvalue weighted by molar-refractivity contribution is 0.271. The zero-order valence-electron chi connectivity index (χ0n) is 12.9. The molecule has 2 saturated heterocycles. The second-order valence-electron chi connectivity index (χ2n) is 6.24. The van der Waals surface area contributed by atoms with E-state index in [9.17, 15) is 0 Å². The van der Waals surface area contributed by atoms with E-state index in [-0.39, 0.29) is 0 Å². The van der Waals surface area contributed by atoms with Crippen molar-refractivity contribution in [3.05, 3.63) is 23.4 Å². The van der Waals surface area contributed by atoms with E-state index in [2.05, 4.69) is 35.9 Å². The first-order valence-corrected chi connectivity index (χ1v) is 8.25. The van der Waals surface area contributed by atoms with Crippen molar-refractivity contribution in [1.82, 2.24) is 9.88 Å². The molecule has 2 aliphatic heterocycles. The second-order valence-corrected chi connectivity index (χ2v) is 6.24. The number of hydrogen-bond donors (Lipinski definition) is 0. The second kappa shape index (κ2) is 6.13. The summed E-state index contributed by atoms with van der Waals surface area (Å²) in [5, 5.41) is 0. The molecule has 3 nitrogen and oxygen atoms in total. The molecule has 3 heteroatoms. The molecule has 2 fully saturated rings. The van der Waals surface area contributed by atoms with Crippen molar-refractivity contribution < 1.29 is 0 Å². The Kier molecular flexibility index (Phi) is 4.25. The Morgan fingerprint density at radius 1 is 1.15 bits per heavy atom. The lowest BCUT2D eigenvalue weighted by Crippen LogP contribution is -2.31. The summed E-state index contributed by atoms with van der Waals surface area (Å²) in [5.41, 5.74) is 2.77. The minimum absolute atomic E-state index is 0.599. The molecule has 0 amide bonds. The van der Waals surface area contributed by atoms with Crippen molar-refractivity contribution in [3.8, 4) is 0 Å². The van der Waals surface area contributed by atoms with E-state index in [1.807, 2.05) is 0 Å². The standard InChI is InChI=1S/C17H27N3/c1-3-19-11-7-8-16(19)15-12-14(2)17(18-13-15)20-9-5-4-6-10-20/h12-13,16H,3-11H2,1-2H3. The lowest BCUT2D eigenvalue weighted by Gasteiger charge is -2.30. The van der Waals surface area contributed by atoms with Crippen molar-refractivity contribution in [2.24, 2.45) is 0 Å². The molecule has 1 aromatic heterocycles. The predicted molar refractivity (Wildman–Crippen MR) is 84.3 cm³/mol. The molecule has 3 rings (SSSR count). The smallest absolute Gasteiger partial charge is 0.131 e. The van der Waals surface area contributed by atoms with Gasteiger partial charge in [0.25, 0.3) is 0 Å². The molecule has 0 N–H and O–H groups in total. The Bertz CT molecular complexity index is 452. The first-order chi connectivity index (χ1) is 9.79. The summed E-state index contributed by atoms with van der Waals surface area (Å²) in [6, 6.07) is 2.98. The van der Waals surface area contributed by atoms with Gasteiger partial charge in [0.05, 0.1) is 0 Å². The van der Waals surface area contributed by atoms with Crippen LogP contribution in [-0.2, 0) is 0 Å². The van der Waals surface area contributed by atoms with Gasteiger partial charge in [-0.1, -0.05) is 6.92 Å². The number of hydrogen-bond acceptors (Lipinski definition) is 3. The Hall–Kier alpha value is -1.09. The third-order valence-corrected chi connectivity index (χ3v) is 4.88. The van der Waals surface area contributed by atoms with Gasteiger partial charge in [-0.3, -0.25) is 4.90 Å². The van der Waals surface area contributed by atoms with Gasteiger partial charge in [0, 0.05) is 25.3 Å². The predicted octanol–water partition coefficient (Wildman–Crippen LogP) is 3.54. The number of nitrogens with zero attached hydrogens (tertiary/aromatic N) is 3. The fourth-order valence-electron chi connectivity index (χ4n) is 3.79. The van der Waals surface area contributed by atoms with E-state index < -0.39 is 0 Å². The summed E-state index contributed by atoms with van der Waals surface area (Å²) >= 11 is 0. The van der Waals surface area contributed by atoms with Crippen LogP contribution in [-0.4, -0.2) is 36.1 Å². The van der Waals surface area contributed by atoms with Gasteiger partial charge in [0.1, 0.15) is 5.82 Å². The van der Waals surface area contributed by atoms with Crippen LogP contribution in [0.3, 0.4) is 0 Å². The average molecular weight is 273 g/mol. The van der Waals surface area contributed by atoms with Gasteiger partial charge in [-0.05, 0) is 69.3 Å². The maximum absolute atomic E-state index is 4.81. The van der Waals surface area contributed by atoms with Crippen LogP contribution in [0.15, 0.2) is 12.3 Å². The van der Waals surface area contributed by atoms with Gasteiger partial charge < -0.3 is 4.90 Å². The summed E-state index contributed by atoms with van der Waals surface area (Å²) < 4.78 is 0. The summed E-state index contributed by atoms with van der Waals surface area (Å²) in [5.74, 6) is 1.22. The average Bonchev–Trinajstić information content (AvgIpc) is 2.96. The molecule has 0 bridgehead atoms. The SMILES string of the molecule is CCN1CCCC1c1cnc(N2CCCCC2)c(C)c1. The molecule has 0 radical (unpaired) electrons. The Morgan fingerprint density at radius 2 is 1.95 bits per heavy atom. The molecule has 0 spiro atoms. The van der Waals surface area contributed by atoms with Gasteiger partial charge in [-0.2, -0.15) is 0 Å². The molecule has 1 aromatic rings. The highest BCUT2D eigenvalue weighted by atomic mass is 15.2. The summed E-state index contributed by atoms with van der Waals surface area (Å²) in [4.78, 5) is 9.86. The highest BCUT2D eigenvalue weighted by Crippen LogP contribution is 2.33. The summed E-state index contributed by atoms with van der Waals surface area (Å²) in [7, 11) is 0. The van der Waals surface area contributed by atoms with E-state index in [1.54, 1.807) is 0 Å². The molecule has 1 unspecified atom stereocenters. The fourth-order valence-corrected chi connectivity index (χ4v) is 3.79. The van der Waals surface area contributed by atoms with Crippen LogP contribution in [0.1, 0.15) is 56.2 Å². The number of anilines is 1. The van der Waals surface area contributed by atoms with E-state index in [0.29, 0.717) is 6.04 Å². The van der Waals surface area contributed by atoms with Crippen LogP contribution in [0.5, 0.6) is 0 Å². The lowest BCUT2D eigenvalue weighted by atomic mass is 10.0. The zero-order chi connectivity index (χ0) is 13.9. The molecule has 1 atom stereocenters. The van der Waals surface area contributed by atoms with Crippen molar-refractivity contribution in [2.45, 2.75) is 52.0 Å². The van der Waals surface area contributed by atoms with Gasteiger partial charge in [-0.15, -0.1) is 0 Å². The largest absolute Gasteiger partial charge is 0.356 e. The van der Waals surface area contributed by atoms with Gasteiger partial charge in [-0.25, -0.2) is 4.98 Å². The number of piperidine rings is 1. The summed E-state index contributed by atoms with van der Waals surface area (Å²) in [6.07, 6.45) is 8.75. The summed E-state index contributed by atoms with van der Waals surface area (Å²) in [6.45, 7) is 9.24. The quantitative estimate of drug-likeness (QED) is 0.839. The number of aromatic nitrogens is 1. The van der Waals surface area contributed by atoms with Crippen LogP contribution in [0.4, 0.5) is 5.82 Å². The van der Waals surface area contributed by atoms with Crippen LogP contribution in [0.2, 0.25) is 0 Å². The Morgan fingerprint density at radius 3 is 2.65 bits per heavy atom. The van der Waals surface area contributed by atoms with Crippen LogP contribution in [0.25, 0.3) is 0 Å². The first kappa shape index (κ1) is 13.9. The minimum atomic E-state index is 0.599. The van der Waals surface area contributed by atoms with E-state index in [4.69, 9.17) is 4.98 Å². The molecule has 110 valence electrons. The highest BCUT2D eigenvalue weighted by molar-refractivity contribution is 5.48. The van der Waals surface area contributed by atoms with E-state index in [1.165, 1.54) is 68.7 Å². The molecular formula is C17H27N3. The molecule has 3 heterocycles. The molecule has 0 saturated carbocycles. The molecular weight excluding hydrogens is 246 g/mol. The van der Waals surface area contributed by atoms with Gasteiger partial charge in [0.15, 0.2) is 0 Å². The topological polar surface area (TPSA) is 19.4 Å². The number of likely N-dealkylation sites (tertiary alicyclic amines) is 1. The van der Waals surface area contributed by atoms with Crippen molar-refractivity contribution in [2.75, 3.05) is 31.1 Å². The number of aryl methyl sites for hydroxylation is 1. The van der Waals surface area contributed by atoms with Crippen molar-refractivity contribution >= 4 is 5.82 Å². The van der Waals surface area contributed by atoms with Gasteiger partial charge >= 0.3 is 0 Å². The molecule has 2 aliphatic rings. The Labute approximate surface area is 123 Å². The van der Waals surface area contributed by atoms with Crippen LogP contribution >= 0.6 is 0 Å². The van der Waals surface area contributed by atoms with Gasteiger partial charge in [0.2, 0.25) is 0 Å².